The van der Waals surface area contributed by atoms with E-state index >= 15 is 0 Å². The molecule has 1 aliphatic carbocycles. The number of methoxy groups -OCH3 is 3. The van der Waals surface area contributed by atoms with E-state index in [0.717, 1.165) is 22.3 Å². The van der Waals surface area contributed by atoms with E-state index in [-0.39, 0.29) is 23.1 Å². The molecule has 0 radical (unpaired) electrons. The predicted octanol–water partition coefficient (Wildman–Crippen LogP) is 3.26. The first-order chi connectivity index (χ1) is 14.4. The lowest BCUT2D eigenvalue weighted by Gasteiger charge is -2.20. The molecule has 1 aliphatic rings. The van der Waals surface area contributed by atoms with Gasteiger partial charge in [0.25, 0.3) is 0 Å². The zero-order chi connectivity index (χ0) is 21.8. The van der Waals surface area contributed by atoms with Crippen molar-refractivity contribution >= 4 is 5.91 Å². The molecule has 3 rings (SSSR count). The second-order valence-corrected chi connectivity index (χ2v) is 6.98. The lowest BCUT2D eigenvalue weighted by molar-refractivity contribution is -0.119. The highest BCUT2D eigenvalue weighted by Gasteiger charge is 2.29. The average molecular weight is 413 g/mol. The van der Waals surface area contributed by atoms with Gasteiger partial charge in [-0.25, -0.2) is 0 Å². The van der Waals surface area contributed by atoms with Crippen LogP contribution in [0.4, 0.5) is 0 Å². The molecule has 0 heterocycles. The SMILES string of the molecule is CCOc1cc2c(ccc1=O)-c1c(cc(OC)c(OC)c1OC)CC[C@H]2NC(C)=O. The molecule has 1 atom stereocenters. The molecule has 1 N–H and O–H groups in total. The monoisotopic (exact) mass is 413 g/mol. The maximum Gasteiger partial charge on any atom is 0.220 e. The van der Waals surface area contributed by atoms with E-state index < -0.39 is 0 Å². The van der Waals surface area contributed by atoms with Crippen molar-refractivity contribution in [2.75, 3.05) is 27.9 Å². The summed E-state index contributed by atoms with van der Waals surface area (Å²) in [4.78, 5) is 24.5. The van der Waals surface area contributed by atoms with Gasteiger partial charge >= 0.3 is 0 Å². The van der Waals surface area contributed by atoms with Crippen LogP contribution in [0.3, 0.4) is 0 Å². The van der Waals surface area contributed by atoms with Crippen LogP contribution in [-0.2, 0) is 11.2 Å². The van der Waals surface area contributed by atoms with Gasteiger partial charge in [-0.1, -0.05) is 0 Å². The lowest BCUT2D eigenvalue weighted by atomic mass is 9.95. The molecular formula is C23H27NO6. The fourth-order valence-corrected chi connectivity index (χ4v) is 3.96. The largest absolute Gasteiger partial charge is 0.493 e. The van der Waals surface area contributed by atoms with Crippen LogP contribution in [0.5, 0.6) is 23.0 Å². The number of hydrogen-bond donors (Lipinski definition) is 1. The van der Waals surface area contributed by atoms with Gasteiger partial charge in [0, 0.05) is 12.5 Å². The van der Waals surface area contributed by atoms with E-state index in [2.05, 4.69) is 5.32 Å². The zero-order valence-electron chi connectivity index (χ0n) is 18.0. The van der Waals surface area contributed by atoms with E-state index in [1.165, 1.54) is 13.0 Å². The molecule has 0 bridgehead atoms. The highest BCUT2D eigenvalue weighted by atomic mass is 16.5. The van der Waals surface area contributed by atoms with Crippen molar-refractivity contribution in [3.8, 4) is 34.1 Å². The van der Waals surface area contributed by atoms with Crippen molar-refractivity contribution in [2.24, 2.45) is 0 Å². The quantitative estimate of drug-likeness (QED) is 0.783. The Morgan fingerprint density at radius 1 is 1.07 bits per heavy atom. The molecule has 0 spiro atoms. The number of amides is 1. The summed E-state index contributed by atoms with van der Waals surface area (Å²) in [7, 11) is 4.70. The Kier molecular flexibility index (Phi) is 6.50. The number of rotatable bonds is 6. The number of carbonyl (C=O) groups excluding carboxylic acids is 1. The van der Waals surface area contributed by atoms with E-state index in [1.54, 1.807) is 33.5 Å². The first-order valence-corrected chi connectivity index (χ1v) is 9.85. The number of hydrogen-bond acceptors (Lipinski definition) is 6. The zero-order valence-corrected chi connectivity index (χ0v) is 18.0. The molecule has 7 heteroatoms. The Morgan fingerprint density at radius 2 is 1.80 bits per heavy atom. The number of nitrogens with one attached hydrogen (secondary N) is 1. The normalized spacial score (nSPS) is 14.6. The number of fused-ring (bicyclic) bond motifs is 3. The summed E-state index contributed by atoms with van der Waals surface area (Å²) in [6.45, 7) is 3.67. The van der Waals surface area contributed by atoms with Crippen LogP contribution < -0.4 is 29.7 Å². The standard InChI is InChI=1S/C23H27NO6/c1-6-30-19-12-16-15(8-10-18(19)26)21-14(7-9-17(16)24-13(2)25)11-20(27-3)22(28-4)23(21)29-5/h8,10-12,17H,6-7,9H2,1-5H3,(H,24,25)/t17-/m1/s1. The number of carbonyl (C=O) groups is 1. The smallest absolute Gasteiger partial charge is 0.220 e. The number of ether oxygens (including phenoxy) is 4. The predicted molar refractivity (Wildman–Crippen MR) is 114 cm³/mol. The fraction of sp³-hybridized carbons (Fsp3) is 0.391. The molecule has 0 saturated heterocycles. The van der Waals surface area contributed by atoms with Crippen molar-refractivity contribution in [3.05, 3.63) is 45.6 Å². The molecule has 7 nitrogen and oxygen atoms in total. The number of aryl methyl sites for hydroxylation is 1. The molecule has 1 amide bonds. The van der Waals surface area contributed by atoms with Crippen molar-refractivity contribution in [2.45, 2.75) is 32.7 Å². The van der Waals surface area contributed by atoms with Gasteiger partial charge in [0.1, 0.15) is 0 Å². The van der Waals surface area contributed by atoms with Gasteiger partial charge in [-0.05, 0) is 60.7 Å². The highest BCUT2D eigenvalue weighted by molar-refractivity contribution is 5.83. The summed E-state index contributed by atoms with van der Waals surface area (Å²) in [5.74, 6) is 1.66. The van der Waals surface area contributed by atoms with Gasteiger partial charge in [-0.3, -0.25) is 9.59 Å². The van der Waals surface area contributed by atoms with Gasteiger partial charge in [-0.15, -0.1) is 0 Å². The topological polar surface area (TPSA) is 83.1 Å². The molecular weight excluding hydrogens is 386 g/mol. The van der Waals surface area contributed by atoms with Crippen molar-refractivity contribution in [1.82, 2.24) is 5.32 Å². The Bertz CT molecular complexity index is 1020. The van der Waals surface area contributed by atoms with Gasteiger partial charge < -0.3 is 24.3 Å². The van der Waals surface area contributed by atoms with Crippen LogP contribution in [0.15, 0.2) is 29.1 Å². The van der Waals surface area contributed by atoms with Crippen molar-refractivity contribution < 1.29 is 23.7 Å². The molecule has 2 aromatic carbocycles. The lowest BCUT2D eigenvalue weighted by Crippen LogP contribution is -2.26. The molecule has 0 saturated carbocycles. The second kappa shape index (κ2) is 9.07. The summed E-state index contributed by atoms with van der Waals surface area (Å²) in [5.41, 5.74) is 3.14. The van der Waals surface area contributed by atoms with Crippen LogP contribution in [0, 0.1) is 0 Å². The van der Waals surface area contributed by atoms with Gasteiger partial charge in [0.2, 0.25) is 17.1 Å². The average Bonchev–Trinajstić information content (AvgIpc) is 2.97. The summed E-state index contributed by atoms with van der Waals surface area (Å²) in [6.07, 6.45) is 1.31. The molecule has 0 unspecified atom stereocenters. The Morgan fingerprint density at radius 3 is 2.40 bits per heavy atom. The van der Waals surface area contributed by atoms with Gasteiger partial charge in [-0.2, -0.15) is 0 Å². The molecule has 160 valence electrons. The van der Waals surface area contributed by atoms with Gasteiger partial charge in [0.15, 0.2) is 17.2 Å². The third-order valence-electron chi connectivity index (χ3n) is 5.18. The first kappa shape index (κ1) is 21.5. The minimum Gasteiger partial charge on any atom is -0.493 e. The summed E-state index contributed by atoms with van der Waals surface area (Å²) < 4.78 is 22.4. The number of benzene rings is 1. The first-order valence-electron chi connectivity index (χ1n) is 9.85. The van der Waals surface area contributed by atoms with Crippen LogP contribution in [0.25, 0.3) is 11.1 Å². The van der Waals surface area contributed by atoms with E-state index in [0.29, 0.717) is 36.7 Å². The highest BCUT2D eigenvalue weighted by Crippen LogP contribution is 2.50. The summed E-state index contributed by atoms with van der Waals surface area (Å²) in [6, 6.07) is 6.60. The molecule has 30 heavy (non-hydrogen) atoms. The van der Waals surface area contributed by atoms with E-state index in [9.17, 15) is 9.59 Å². The Balaban J connectivity index is 2.40. The van der Waals surface area contributed by atoms with Crippen LogP contribution in [0.1, 0.15) is 37.4 Å². The Labute approximate surface area is 175 Å². The second-order valence-electron chi connectivity index (χ2n) is 6.98. The molecule has 0 aliphatic heterocycles. The fourth-order valence-electron chi connectivity index (χ4n) is 3.96. The van der Waals surface area contributed by atoms with Gasteiger partial charge in [0.05, 0.1) is 34.0 Å². The third kappa shape index (κ3) is 3.92. The van der Waals surface area contributed by atoms with Crippen molar-refractivity contribution in [1.29, 1.82) is 0 Å². The minimum absolute atomic E-state index is 0.147. The molecule has 0 aromatic heterocycles. The maximum atomic E-state index is 12.6. The molecule has 2 aromatic rings. The Hall–Kier alpha value is -3.22. The minimum atomic E-state index is -0.294. The van der Waals surface area contributed by atoms with Crippen LogP contribution in [-0.4, -0.2) is 33.8 Å². The van der Waals surface area contributed by atoms with Crippen molar-refractivity contribution in [3.63, 3.8) is 0 Å². The van der Waals surface area contributed by atoms with Crippen LogP contribution >= 0.6 is 0 Å². The van der Waals surface area contributed by atoms with Crippen LogP contribution in [0.2, 0.25) is 0 Å². The maximum absolute atomic E-state index is 12.6. The van der Waals surface area contributed by atoms with E-state index in [4.69, 9.17) is 18.9 Å². The summed E-state index contributed by atoms with van der Waals surface area (Å²) in [5, 5.41) is 3.01. The third-order valence-corrected chi connectivity index (χ3v) is 5.18. The van der Waals surface area contributed by atoms with E-state index in [1.807, 2.05) is 13.0 Å². The summed E-state index contributed by atoms with van der Waals surface area (Å²) >= 11 is 0. The molecule has 0 fully saturated rings.